The average Bonchev–Trinajstić information content (AvgIpc) is 2.98. The summed E-state index contributed by atoms with van der Waals surface area (Å²) in [6.07, 6.45) is 2.12. The number of rotatable bonds is 7. The Kier molecular flexibility index (Phi) is 5.77. The highest BCUT2D eigenvalue weighted by Gasteiger charge is 2.12. The molecular formula is C17H24N2S. The largest absolute Gasteiger partial charge is 0.324 e. The molecule has 1 heterocycles. The molecule has 20 heavy (non-hydrogen) atoms. The molecule has 2 nitrogen and oxygen atoms in total. The van der Waals surface area contributed by atoms with Crippen molar-refractivity contribution >= 4 is 11.3 Å². The smallest absolute Gasteiger partial charge is 0.0307 e. The third-order valence-electron chi connectivity index (χ3n) is 3.85. The minimum absolute atomic E-state index is 0.132. The molecule has 2 unspecified atom stereocenters. The molecule has 0 saturated carbocycles. The Bertz CT molecular complexity index is 481. The van der Waals surface area contributed by atoms with E-state index in [2.05, 4.69) is 60.6 Å². The fraction of sp³-hybridized carbons (Fsp3) is 0.412. The molecule has 2 N–H and O–H groups in total. The highest BCUT2D eigenvalue weighted by molar-refractivity contribution is 7.09. The summed E-state index contributed by atoms with van der Waals surface area (Å²) in [5.41, 5.74) is 7.48. The number of nitrogens with two attached hydrogens (primary N) is 1. The van der Waals surface area contributed by atoms with Crippen LogP contribution in [0.25, 0.3) is 0 Å². The molecule has 0 bridgehead atoms. The lowest BCUT2D eigenvalue weighted by Crippen LogP contribution is -2.33. The normalized spacial score (nSPS) is 14.4. The van der Waals surface area contributed by atoms with Crippen molar-refractivity contribution in [3.8, 4) is 0 Å². The maximum atomic E-state index is 6.25. The van der Waals surface area contributed by atoms with Gasteiger partial charge in [-0.3, -0.25) is 0 Å². The molecule has 1 aromatic heterocycles. The quantitative estimate of drug-likeness (QED) is 0.841. The molecule has 0 spiro atoms. The van der Waals surface area contributed by atoms with Crippen LogP contribution in [-0.4, -0.2) is 24.5 Å². The van der Waals surface area contributed by atoms with E-state index >= 15 is 0 Å². The summed E-state index contributed by atoms with van der Waals surface area (Å²) in [4.78, 5) is 3.86. The van der Waals surface area contributed by atoms with Crippen LogP contribution in [0.4, 0.5) is 0 Å². The molecule has 2 rings (SSSR count). The third-order valence-corrected chi connectivity index (χ3v) is 4.75. The predicted octanol–water partition coefficient (Wildman–Crippen LogP) is 3.70. The molecular weight excluding hydrogens is 264 g/mol. The van der Waals surface area contributed by atoms with Gasteiger partial charge in [0, 0.05) is 17.0 Å². The van der Waals surface area contributed by atoms with Crippen LogP contribution in [0, 0.1) is 0 Å². The first-order chi connectivity index (χ1) is 9.66. The molecule has 0 fully saturated rings. The summed E-state index contributed by atoms with van der Waals surface area (Å²) in [6.45, 7) is 3.32. The molecule has 0 aliphatic carbocycles. The van der Waals surface area contributed by atoms with Gasteiger partial charge in [-0.25, -0.2) is 0 Å². The van der Waals surface area contributed by atoms with Gasteiger partial charge in [0.25, 0.3) is 0 Å². The monoisotopic (exact) mass is 288 g/mol. The number of thiophene rings is 1. The Labute approximate surface area is 126 Å². The first kappa shape index (κ1) is 15.2. The van der Waals surface area contributed by atoms with Gasteiger partial charge >= 0.3 is 0 Å². The fourth-order valence-electron chi connectivity index (χ4n) is 2.31. The van der Waals surface area contributed by atoms with Crippen LogP contribution in [0.2, 0.25) is 0 Å². The van der Waals surface area contributed by atoms with Crippen molar-refractivity contribution in [1.82, 2.24) is 4.90 Å². The Balaban J connectivity index is 1.78. The summed E-state index contributed by atoms with van der Waals surface area (Å²) in [7, 11) is 2.19. The Morgan fingerprint density at radius 2 is 1.90 bits per heavy atom. The number of hydrogen-bond donors (Lipinski definition) is 1. The van der Waals surface area contributed by atoms with Crippen LogP contribution in [0.15, 0.2) is 47.8 Å². The fourth-order valence-corrected chi connectivity index (χ4v) is 3.13. The summed E-state index contributed by atoms with van der Waals surface area (Å²) >= 11 is 1.84. The molecule has 2 aromatic rings. The van der Waals surface area contributed by atoms with Crippen molar-refractivity contribution < 1.29 is 0 Å². The van der Waals surface area contributed by atoms with Crippen LogP contribution < -0.4 is 5.73 Å². The molecule has 108 valence electrons. The third kappa shape index (κ3) is 4.44. The van der Waals surface area contributed by atoms with E-state index in [-0.39, 0.29) is 6.04 Å². The summed E-state index contributed by atoms with van der Waals surface area (Å²) in [6, 6.07) is 15.4. The predicted molar refractivity (Wildman–Crippen MR) is 88.1 cm³/mol. The van der Waals surface area contributed by atoms with E-state index in [1.165, 1.54) is 10.4 Å². The summed E-state index contributed by atoms with van der Waals surface area (Å²) < 4.78 is 0. The van der Waals surface area contributed by atoms with Crippen molar-refractivity contribution in [2.75, 3.05) is 13.6 Å². The first-order valence-corrected chi connectivity index (χ1v) is 8.08. The highest BCUT2D eigenvalue weighted by Crippen LogP contribution is 2.16. The second-order valence-corrected chi connectivity index (χ2v) is 6.45. The standard InChI is InChI=1S/C17H24N2S/c1-14(13-16-9-6-12-20-16)19(2)11-10-17(18)15-7-4-3-5-8-15/h3-9,12,14,17H,10-11,13,18H2,1-2H3. The van der Waals surface area contributed by atoms with E-state index in [0.717, 1.165) is 19.4 Å². The van der Waals surface area contributed by atoms with Gasteiger partial charge < -0.3 is 10.6 Å². The summed E-state index contributed by atoms with van der Waals surface area (Å²) in [5, 5.41) is 2.15. The number of likely N-dealkylation sites (N-methyl/N-ethyl adjacent to an activating group) is 1. The van der Waals surface area contributed by atoms with E-state index in [1.807, 2.05) is 17.4 Å². The second-order valence-electron chi connectivity index (χ2n) is 5.42. The SMILES string of the molecule is CC(Cc1cccs1)N(C)CCC(N)c1ccccc1. The zero-order chi connectivity index (χ0) is 14.4. The van der Waals surface area contributed by atoms with Crippen molar-refractivity contribution in [3.63, 3.8) is 0 Å². The van der Waals surface area contributed by atoms with Crippen molar-refractivity contribution in [1.29, 1.82) is 0 Å². The minimum Gasteiger partial charge on any atom is -0.324 e. The van der Waals surface area contributed by atoms with Crippen LogP contribution in [0.5, 0.6) is 0 Å². The van der Waals surface area contributed by atoms with Gasteiger partial charge in [0.2, 0.25) is 0 Å². The maximum Gasteiger partial charge on any atom is 0.0307 e. The Morgan fingerprint density at radius 3 is 2.55 bits per heavy atom. The lowest BCUT2D eigenvalue weighted by molar-refractivity contribution is 0.248. The van der Waals surface area contributed by atoms with Gasteiger partial charge in [-0.1, -0.05) is 36.4 Å². The average molecular weight is 288 g/mol. The Hall–Kier alpha value is -1.16. The van der Waals surface area contributed by atoms with Crippen LogP contribution >= 0.6 is 11.3 Å². The van der Waals surface area contributed by atoms with Gasteiger partial charge in [-0.05, 0) is 50.4 Å². The highest BCUT2D eigenvalue weighted by atomic mass is 32.1. The zero-order valence-electron chi connectivity index (χ0n) is 12.3. The van der Waals surface area contributed by atoms with Crippen LogP contribution in [0.3, 0.4) is 0 Å². The van der Waals surface area contributed by atoms with E-state index in [4.69, 9.17) is 5.73 Å². The molecule has 2 atom stereocenters. The molecule has 0 aliphatic rings. The molecule has 0 radical (unpaired) electrons. The van der Waals surface area contributed by atoms with E-state index < -0.39 is 0 Å². The topological polar surface area (TPSA) is 29.3 Å². The number of benzene rings is 1. The van der Waals surface area contributed by atoms with Crippen molar-refractivity contribution in [2.24, 2.45) is 5.73 Å². The molecule has 1 aromatic carbocycles. The van der Waals surface area contributed by atoms with Gasteiger partial charge in [0.15, 0.2) is 0 Å². The van der Waals surface area contributed by atoms with Crippen LogP contribution in [0.1, 0.15) is 29.8 Å². The van der Waals surface area contributed by atoms with Gasteiger partial charge in [0.05, 0.1) is 0 Å². The molecule has 0 amide bonds. The minimum atomic E-state index is 0.132. The lowest BCUT2D eigenvalue weighted by atomic mass is 10.0. The molecule has 0 aliphatic heterocycles. The second kappa shape index (κ2) is 7.58. The van der Waals surface area contributed by atoms with E-state index in [1.54, 1.807) is 0 Å². The van der Waals surface area contributed by atoms with Crippen LogP contribution in [-0.2, 0) is 6.42 Å². The van der Waals surface area contributed by atoms with Crippen molar-refractivity contribution in [3.05, 3.63) is 58.3 Å². The zero-order valence-corrected chi connectivity index (χ0v) is 13.1. The van der Waals surface area contributed by atoms with E-state index in [9.17, 15) is 0 Å². The van der Waals surface area contributed by atoms with Gasteiger partial charge in [0.1, 0.15) is 0 Å². The van der Waals surface area contributed by atoms with Gasteiger partial charge in [-0.15, -0.1) is 11.3 Å². The maximum absolute atomic E-state index is 6.25. The van der Waals surface area contributed by atoms with Gasteiger partial charge in [-0.2, -0.15) is 0 Å². The number of hydrogen-bond acceptors (Lipinski definition) is 3. The molecule has 0 saturated heterocycles. The first-order valence-electron chi connectivity index (χ1n) is 7.20. The summed E-state index contributed by atoms with van der Waals surface area (Å²) in [5.74, 6) is 0. The van der Waals surface area contributed by atoms with Crippen molar-refractivity contribution in [2.45, 2.75) is 31.8 Å². The molecule has 3 heteroatoms. The lowest BCUT2D eigenvalue weighted by Gasteiger charge is -2.25. The number of nitrogens with zero attached hydrogens (tertiary/aromatic N) is 1. The van der Waals surface area contributed by atoms with E-state index in [0.29, 0.717) is 6.04 Å². The Morgan fingerprint density at radius 1 is 1.15 bits per heavy atom.